The van der Waals surface area contributed by atoms with Crippen LogP contribution in [0.3, 0.4) is 0 Å². The molecule has 1 N–H and O–H groups in total. The topological polar surface area (TPSA) is 37.8 Å². The summed E-state index contributed by atoms with van der Waals surface area (Å²) in [4.78, 5) is 0. The van der Waals surface area contributed by atoms with E-state index in [4.69, 9.17) is 0 Å². The minimum absolute atomic E-state index is 0.306. The molecule has 4 heteroatoms. The third kappa shape index (κ3) is 2.86. The van der Waals surface area contributed by atoms with Gasteiger partial charge in [0, 0.05) is 5.41 Å². The average Bonchev–Trinajstić information content (AvgIpc) is 2.95. The van der Waals surface area contributed by atoms with E-state index < -0.39 is 0 Å². The van der Waals surface area contributed by atoms with Gasteiger partial charge < -0.3 is 5.32 Å². The van der Waals surface area contributed by atoms with Gasteiger partial charge in [-0.25, -0.2) is 0 Å². The lowest BCUT2D eigenvalue weighted by molar-refractivity contribution is 0.483. The minimum atomic E-state index is 0.306. The molecule has 0 aliphatic heterocycles. The van der Waals surface area contributed by atoms with Crippen LogP contribution in [0.25, 0.3) is 0 Å². The predicted octanol–water partition coefficient (Wildman–Crippen LogP) is 3.43. The van der Waals surface area contributed by atoms with E-state index in [1.165, 1.54) is 30.7 Å². The first-order valence-electron chi connectivity index (χ1n) is 6.73. The molecule has 0 aromatic carbocycles. The normalized spacial score (nSPS) is 20.6. The maximum absolute atomic E-state index is 4.43. The van der Waals surface area contributed by atoms with Crippen molar-refractivity contribution in [2.75, 3.05) is 6.54 Å². The van der Waals surface area contributed by atoms with Crippen LogP contribution in [0.2, 0.25) is 0 Å². The molecule has 0 saturated heterocycles. The van der Waals surface area contributed by atoms with Crippen molar-refractivity contribution >= 4 is 11.3 Å². The van der Waals surface area contributed by atoms with Gasteiger partial charge in [-0.05, 0) is 32.7 Å². The molecule has 1 atom stereocenters. The molecule has 1 saturated carbocycles. The fourth-order valence-electron chi connectivity index (χ4n) is 2.47. The molecule has 0 radical (unpaired) electrons. The quantitative estimate of drug-likeness (QED) is 0.873. The Bertz CT molecular complexity index is 355. The van der Waals surface area contributed by atoms with Crippen molar-refractivity contribution in [2.24, 2.45) is 0 Å². The van der Waals surface area contributed by atoms with E-state index in [2.05, 4.69) is 36.3 Å². The second-order valence-electron chi connectivity index (χ2n) is 5.39. The summed E-state index contributed by atoms with van der Waals surface area (Å²) >= 11 is 1.80. The first-order chi connectivity index (χ1) is 8.15. The van der Waals surface area contributed by atoms with Gasteiger partial charge in [-0.15, -0.1) is 10.2 Å². The van der Waals surface area contributed by atoms with Crippen LogP contribution in [0.4, 0.5) is 0 Å². The zero-order valence-corrected chi connectivity index (χ0v) is 11.9. The molecule has 1 unspecified atom stereocenters. The van der Waals surface area contributed by atoms with E-state index >= 15 is 0 Å². The van der Waals surface area contributed by atoms with Crippen LogP contribution in [0.15, 0.2) is 0 Å². The average molecular weight is 253 g/mol. The Hall–Kier alpha value is -0.480. The molecule has 1 aliphatic rings. The fraction of sp³-hybridized carbons (Fsp3) is 0.846. The summed E-state index contributed by atoms with van der Waals surface area (Å²) in [6.07, 6.45) is 6.40. The lowest BCUT2D eigenvalue weighted by atomic mass is 9.90. The van der Waals surface area contributed by atoms with Crippen LogP contribution in [-0.4, -0.2) is 16.7 Å². The van der Waals surface area contributed by atoms with E-state index in [-0.39, 0.29) is 0 Å². The van der Waals surface area contributed by atoms with Gasteiger partial charge >= 0.3 is 0 Å². The molecule has 1 aliphatic carbocycles. The smallest absolute Gasteiger partial charge is 0.134 e. The third-order valence-corrected chi connectivity index (χ3v) is 5.15. The summed E-state index contributed by atoms with van der Waals surface area (Å²) in [5.41, 5.74) is 0.306. The minimum Gasteiger partial charge on any atom is -0.308 e. The molecular weight excluding hydrogens is 230 g/mol. The molecule has 96 valence electrons. The Morgan fingerprint density at radius 3 is 2.71 bits per heavy atom. The summed E-state index contributed by atoms with van der Waals surface area (Å²) < 4.78 is 0. The monoisotopic (exact) mass is 253 g/mol. The van der Waals surface area contributed by atoms with Crippen LogP contribution in [0.5, 0.6) is 0 Å². The molecule has 0 spiro atoms. The first kappa shape index (κ1) is 13.0. The summed E-state index contributed by atoms with van der Waals surface area (Å²) in [5.74, 6) is 0. The van der Waals surface area contributed by atoms with Crippen LogP contribution in [0.1, 0.15) is 68.9 Å². The summed E-state index contributed by atoms with van der Waals surface area (Å²) in [6.45, 7) is 7.75. The Morgan fingerprint density at radius 2 is 2.06 bits per heavy atom. The number of nitrogens with zero attached hydrogens (tertiary/aromatic N) is 2. The van der Waals surface area contributed by atoms with Crippen molar-refractivity contribution in [1.29, 1.82) is 0 Å². The molecule has 1 heterocycles. The number of aromatic nitrogens is 2. The highest BCUT2D eigenvalue weighted by molar-refractivity contribution is 7.11. The number of nitrogens with one attached hydrogen (secondary N) is 1. The van der Waals surface area contributed by atoms with Gasteiger partial charge in [0.25, 0.3) is 0 Å². The molecule has 0 amide bonds. The van der Waals surface area contributed by atoms with Crippen molar-refractivity contribution in [2.45, 2.75) is 64.3 Å². The number of hydrogen-bond donors (Lipinski definition) is 1. The standard InChI is InChI=1S/C13H23N3S/c1-4-9-14-10(2)11-15-16-12(17-11)13(3)7-5-6-8-13/h10,14H,4-9H2,1-3H3. The maximum atomic E-state index is 4.43. The van der Waals surface area contributed by atoms with Crippen LogP contribution < -0.4 is 5.32 Å². The van der Waals surface area contributed by atoms with E-state index in [0.717, 1.165) is 18.0 Å². The van der Waals surface area contributed by atoms with Gasteiger partial charge in [-0.1, -0.05) is 38.0 Å². The van der Waals surface area contributed by atoms with Crippen molar-refractivity contribution in [1.82, 2.24) is 15.5 Å². The van der Waals surface area contributed by atoms with Crippen molar-refractivity contribution < 1.29 is 0 Å². The lowest BCUT2D eigenvalue weighted by Crippen LogP contribution is -2.19. The summed E-state index contributed by atoms with van der Waals surface area (Å²) in [6, 6.07) is 0.339. The molecule has 0 bridgehead atoms. The Morgan fingerprint density at radius 1 is 1.35 bits per heavy atom. The van der Waals surface area contributed by atoms with Crippen LogP contribution in [0, 0.1) is 0 Å². The largest absolute Gasteiger partial charge is 0.308 e. The lowest BCUT2D eigenvalue weighted by Gasteiger charge is -2.18. The molecule has 1 aromatic rings. The van der Waals surface area contributed by atoms with Crippen molar-refractivity contribution in [3.05, 3.63) is 10.0 Å². The Balaban J connectivity index is 2.05. The molecule has 3 nitrogen and oxygen atoms in total. The fourth-order valence-corrected chi connectivity index (χ4v) is 3.54. The third-order valence-electron chi connectivity index (χ3n) is 3.74. The van der Waals surface area contributed by atoms with Gasteiger partial charge in [0.1, 0.15) is 10.0 Å². The van der Waals surface area contributed by atoms with Crippen molar-refractivity contribution in [3.63, 3.8) is 0 Å². The van der Waals surface area contributed by atoms with Gasteiger partial charge in [-0.3, -0.25) is 0 Å². The van der Waals surface area contributed by atoms with Crippen LogP contribution >= 0.6 is 11.3 Å². The Kier molecular flexibility index (Phi) is 4.15. The number of rotatable bonds is 5. The highest BCUT2D eigenvalue weighted by atomic mass is 32.1. The zero-order valence-electron chi connectivity index (χ0n) is 11.1. The second-order valence-corrected chi connectivity index (χ2v) is 6.40. The van der Waals surface area contributed by atoms with Crippen molar-refractivity contribution in [3.8, 4) is 0 Å². The molecule has 17 heavy (non-hydrogen) atoms. The van der Waals surface area contributed by atoms with Gasteiger partial charge in [0.15, 0.2) is 0 Å². The van der Waals surface area contributed by atoms with Gasteiger partial charge in [0.2, 0.25) is 0 Å². The van der Waals surface area contributed by atoms with E-state index in [9.17, 15) is 0 Å². The van der Waals surface area contributed by atoms with Gasteiger partial charge in [0.05, 0.1) is 6.04 Å². The highest BCUT2D eigenvalue weighted by Gasteiger charge is 2.34. The molecular formula is C13H23N3S. The highest BCUT2D eigenvalue weighted by Crippen LogP contribution is 2.42. The molecule has 1 fully saturated rings. The molecule has 1 aromatic heterocycles. The summed E-state index contributed by atoms with van der Waals surface area (Å²) in [7, 11) is 0. The van der Waals surface area contributed by atoms with E-state index in [1.54, 1.807) is 11.3 Å². The van der Waals surface area contributed by atoms with E-state index in [0.29, 0.717) is 11.5 Å². The number of hydrogen-bond acceptors (Lipinski definition) is 4. The molecule has 2 rings (SSSR count). The summed E-state index contributed by atoms with van der Waals surface area (Å²) in [5, 5.41) is 14.7. The van der Waals surface area contributed by atoms with Crippen LogP contribution in [-0.2, 0) is 5.41 Å². The zero-order chi connectivity index (χ0) is 12.3. The first-order valence-corrected chi connectivity index (χ1v) is 7.54. The van der Waals surface area contributed by atoms with Gasteiger partial charge in [-0.2, -0.15) is 0 Å². The van der Waals surface area contributed by atoms with E-state index in [1.807, 2.05) is 0 Å². The maximum Gasteiger partial charge on any atom is 0.134 e. The predicted molar refractivity (Wildman–Crippen MR) is 72.4 cm³/mol. The Labute approximate surface area is 108 Å². The SMILES string of the molecule is CCCNC(C)c1nnc(C2(C)CCCC2)s1. The second kappa shape index (κ2) is 5.44.